The highest BCUT2D eigenvalue weighted by molar-refractivity contribution is 7.21. The summed E-state index contributed by atoms with van der Waals surface area (Å²) in [7, 11) is 0. The number of nitrogens with zero attached hydrogens (tertiary/aromatic N) is 2. The van der Waals surface area contributed by atoms with Gasteiger partial charge in [0.25, 0.3) is 5.91 Å². The van der Waals surface area contributed by atoms with Crippen LogP contribution in [0.3, 0.4) is 0 Å². The summed E-state index contributed by atoms with van der Waals surface area (Å²) in [6, 6.07) is 20.2. The molecule has 2 aromatic heterocycles. The van der Waals surface area contributed by atoms with E-state index in [0.717, 1.165) is 44.0 Å². The molecular formula is C28H27N3O2S. The number of amides is 1. The number of aromatic nitrogens is 2. The average molecular weight is 470 g/mol. The van der Waals surface area contributed by atoms with Crippen molar-refractivity contribution in [3.63, 3.8) is 0 Å². The second-order valence-electron chi connectivity index (χ2n) is 8.35. The van der Waals surface area contributed by atoms with Gasteiger partial charge < -0.3 is 14.6 Å². The Morgan fingerprint density at radius 3 is 2.56 bits per heavy atom. The Morgan fingerprint density at radius 1 is 1.03 bits per heavy atom. The predicted octanol–water partition coefficient (Wildman–Crippen LogP) is 7.21. The maximum Gasteiger partial charge on any atom is 0.272 e. The number of ether oxygens (including phenoxy) is 1. The van der Waals surface area contributed by atoms with Gasteiger partial charge in [-0.3, -0.25) is 4.79 Å². The van der Waals surface area contributed by atoms with Crippen molar-refractivity contribution in [1.82, 2.24) is 9.55 Å². The highest BCUT2D eigenvalue weighted by Crippen LogP contribution is 2.32. The monoisotopic (exact) mass is 469 g/mol. The number of hydrogen-bond acceptors (Lipinski definition) is 4. The molecule has 5 rings (SSSR count). The summed E-state index contributed by atoms with van der Waals surface area (Å²) >= 11 is 1.68. The third-order valence-corrected chi connectivity index (χ3v) is 7.13. The number of carbonyl (C=O) groups is 1. The van der Waals surface area contributed by atoms with Crippen LogP contribution in [0.25, 0.3) is 31.7 Å². The molecule has 0 aliphatic carbocycles. The molecule has 172 valence electrons. The van der Waals surface area contributed by atoms with Gasteiger partial charge in [-0.15, -0.1) is 11.3 Å². The van der Waals surface area contributed by atoms with Gasteiger partial charge in [-0.25, -0.2) is 4.98 Å². The minimum atomic E-state index is -0.114. The number of anilines is 1. The summed E-state index contributed by atoms with van der Waals surface area (Å²) in [6.45, 7) is 9.43. The van der Waals surface area contributed by atoms with Gasteiger partial charge in [0.05, 0.1) is 16.8 Å². The lowest BCUT2D eigenvalue weighted by Crippen LogP contribution is -2.17. The molecule has 0 spiro atoms. The molecule has 0 radical (unpaired) electrons. The SMILES string of the molecule is CCOc1ccc2c(c1)c(C)c(C(=O)Nc1ccc(-c3nc4ccc(C)cc4s3)cc1)n2CC. The molecule has 0 saturated carbocycles. The molecule has 1 amide bonds. The number of rotatable bonds is 6. The molecule has 0 unspecified atom stereocenters. The lowest BCUT2D eigenvalue weighted by atomic mass is 10.1. The molecule has 5 nitrogen and oxygen atoms in total. The normalized spacial score (nSPS) is 11.3. The number of hydrogen-bond donors (Lipinski definition) is 1. The molecule has 0 aliphatic rings. The zero-order valence-electron chi connectivity index (χ0n) is 19.8. The van der Waals surface area contributed by atoms with E-state index in [0.29, 0.717) is 18.8 Å². The van der Waals surface area contributed by atoms with Crippen molar-refractivity contribution >= 4 is 44.1 Å². The van der Waals surface area contributed by atoms with E-state index in [-0.39, 0.29) is 5.91 Å². The third-order valence-electron chi connectivity index (χ3n) is 6.06. The zero-order chi connectivity index (χ0) is 23.8. The minimum Gasteiger partial charge on any atom is -0.494 e. The molecule has 0 bridgehead atoms. The Balaban J connectivity index is 1.42. The molecule has 2 heterocycles. The van der Waals surface area contributed by atoms with E-state index in [1.165, 1.54) is 10.3 Å². The topological polar surface area (TPSA) is 56.1 Å². The van der Waals surface area contributed by atoms with Crippen molar-refractivity contribution in [2.24, 2.45) is 0 Å². The maximum atomic E-state index is 13.3. The molecule has 34 heavy (non-hydrogen) atoms. The summed E-state index contributed by atoms with van der Waals surface area (Å²) in [5, 5.41) is 5.10. The van der Waals surface area contributed by atoms with Crippen LogP contribution in [0.5, 0.6) is 5.75 Å². The smallest absolute Gasteiger partial charge is 0.272 e. The summed E-state index contributed by atoms with van der Waals surface area (Å²) in [5.74, 6) is 0.704. The summed E-state index contributed by atoms with van der Waals surface area (Å²) < 4.78 is 8.91. The van der Waals surface area contributed by atoms with Crippen LogP contribution in [0.2, 0.25) is 0 Å². The van der Waals surface area contributed by atoms with Gasteiger partial charge in [-0.1, -0.05) is 6.07 Å². The zero-order valence-corrected chi connectivity index (χ0v) is 20.6. The number of carbonyl (C=O) groups excluding carboxylic acids is 1. The summed E-state index contributed by atoms with van der Waals surface area (Å²) in [6.07, 6.45) is 0. The van der Waals surface area contributed by atoms with Gasteiger partial charge in [-0.2, -0.15) is 0 Å². The summed E-state index contributed by atoms with van der Waals surface area (Å²) in [5.41, 5.74) is 6.71. The fraction of sp³-hybridized carbons (Fsp3) is 0.214. The first-order valence-corrected chi connectivity index (χ1v) is 12.3. The number of aryl methyl sites for hydroxylation is 3. The molecule has 3 aromatic carbocycles. The van der Waals surface area contributed by atoms with Crippen LogP contribution >= 0.6 is 11.3 Å². The second-order valence-corrected chi connectivity index (χ2v) is 9.38. The van der Waals surface area contributed by atoms with Crippen LogP contribution in [0.1, 0.15) is 35.5 Å². The predicted molar refractivity (Wildman–Crippen MR) is 141 cm³/mol. The lowest BCUT2D eigenvalue weighted by Gasteiger charge is -2.10. The standard InChI is InChI=1S/C28H27N3O2S/c1-5-31-24-14-12-21(33-6-2)16-22(24)18(4)26(31)27(32)29-20-10-8-19(9-11-20)28-30-23-13-7-17(3)15-25(23)34-28/h7-16H,5-6H2,1-4H3,(H,29,32). The molecule has 5 aromatic rings. The Kier molecular flexibility index (Phi) is 5.84. The fourth-order valence-electron chi connectivity index (χ4n) is 4.42. The fourth-order valence-corrected chi connectivity index (χ4v) is 5.49. The van der Waals surface area contributed by atoms with E-state index in [2.05, 4.69) is 41.9 Å². The average Bonchev–Trinajstić information content (AvgIpc) is 3.38. The lowest BCUT2D eigenvalue weighted by molar-refractivity contribution is 0.101. The van der Waals surface area contributed by atoms with Gasteiger partial charge in [0, 0.05) is 28.7 Å². The number of thiazole rings is 1. The van der Waals surface area contributed by atoms with Crippen LogP contribution in [0, 0.1) is 13.8 Å². The Hall–Kier alpha value is -3.64. The van der Waals surface area contributed by atoms with E-state index in [4.69, 9.17) is 9.72 Å². The van der Waals surface area contributed by atoms with Crippen molar-refractivity contribution in [1.29, 1.82) is 0 Å². The van der Waals surface area contributed by atoms with Crippen molar-refractivity contribution in [3.05, 3.63) is 77.5 Å². The van der Waals surface area contributed by atoms with Gasteiger partial charge in [0.1, 0.15) is 16.5 Å². The summed E-state index contributed by atoms with van der Waals surface area (Å²) in [4.78, 5) is 18.1. The second kappa shape index (κ2) is 8.95. The minimum absolute atomic E-state index is 0.114. The number of benzene rings is 3. The molecule has 0 saturated heterocycles. The number of fused-ring (bicyclic) bond motifs is 2. The Morgan fingerprint density at radius 2 is 1.82 bits per heavy atom. The largest absolute Gasteiger partial charge is 0.494 e. The first-order chi connectivity index (χ1) is 16.5. The maximum absolute atomic E-state index is 13.3. The van der Waals surface area contributed by atoms with E-state index < -0.39 is 0 Å². The van der Waals surface area contributed by atoms with Crippen molar-refractivity contribution in [2.45, 2.75) is 34.2 Å². The first kappa shape index (κ1) is 22.2. The van der Waals surface area contributed by atoms with Gasteiger partial charge >= 0.3 is 0 Å². The van der Waals surface area contributed by atoms with Crippen LogP contribution < -0.4 is 10.1 Å². The van der Waals surface area contributed by atoms with E-state index in [1.807, 2.05) is 56.3 Å². The molecule has 6 heteroatoms. The van der Waals surface area contributed by atoms with Crippen LogP contribution in [0.4, 0.5) is 5.69 Å². The highest BCUT2D eigenvalue weighted by atomic mass is 32.1. The van der Waals surface area contributed by atoms with Crippen LogP contribution in [-0.2, 0) is 6.54 Å². The Labute approximate surface area is 203 Å². The quantitative estimate of drug-likeness (QED) is 0.286. The first-order valence-electron chi connectivity index (χ1n) is 11.5. The van der Waals surface area contributed by atoms with E-state index in [1.54, 1.807) is 11.3 Å². The molecular weight excluding hydrogens is 442 g/mol. The molecule has 0 aliphatic heterocycles. The van der Waals surface area contributed by atoms with Crippen molar-refractivity contribution in [3.8, 4) is 16.3 Å². The van der Waals surface area contributed by atoms with E-state index >= 15 is 0 Å². The molecule has 1 N–H and O–H groups in total. The van der Waals surface area contributed by atoms with Gasteiger partial charge in [-0.05, 0) is 93.4 Å². The van der Waals surface area contributed by atoms with Crippen molar-refractivity contribution in [2.75, 3.05) is 11.9 Å². The van der Waals surface area contributed by atoms with Crippen molar-refractivity contribution < 1.29 is 9.53 Å². The van der Waals surface area contributed by atoms with E-state index in [9.17, 15) is 4.79 Å². The molecule has 0 fully saturated rings. The third kappa shape index (κ3) is 3.94. The van der Waals surface area contributed by atoms with Crippen LogP contribution in [-0.4, -0.2) is 22.1 Å². The highest BCUT2D eigenvalue weighted by Gasteiger charge is 2.20. The van der Waals surface area contributed by atoms with Gasteiger partial charge in [0.15, 0.2) is 0 Å². The Bertz CT molecular complexity index is 1510. The van der Waals surface area contributed by atoms with Gasteiger partial charge in [0.2, 0.25) is 0 Å². The number of nitrogens with one attached hydrogen (secondary N) is 1. The molecule has 0 atom stereocenters. The van der Waals surface area contributed by atoms with Crippen LogP contribution in [0.15, 0.2) is 60.7 Å².